The molecule has 0 saturated heterocycles. The molecule has 1 amide bonds. The lowest BCUT2D eigenvalue weighted by atomic mass is 10.1. The molecule has 0 aliphatic heterocycles. The standard InChI is InChI=1S/C24H23NO4/c1-2-23(26)19-8-12-21(13-9-19)29-17-24(27)25-20-10-14-22(15-11-20)28-16-18-6-4-3-5-7-18/h3-15H,2,16-17H2,1H3,(H,25,27). The fraction of sp³-hybridized carbons (Fsp3) is 0.167. The summed E-state index contributed by atoms with van der Waals surface area (Å²) >= 11 is 0. The minimum Gasteiger partial charge on any atom is -0.489 e. The summed E-state index contributed by atoms with van der Waals surface area (Å²) in [6.45, 7) is 2.19. The van der Waals surface area contributed by atoms with Gasteiger partial charge in [0.1, 0.15) is 18.1 Å². The topological polar surface area (TPSA) is 64.6 Å². The van der Waals surface area contributed by atoms with Crippen molar-refractivity contribution >= 4 is 17.4 Å². The highest BCUT2D eigenvalue weighted by Crippen LogP contribution is 2.18. The molecular weight excluding hydrogens is 366 g/mol. The lowest BCUT2D eigenvalue weighted by Gasteiger charge is -2.10. The van der Waals surface area contributed by atoms with Crippen LogP contribution in [0.5, 0.6) is 11.5 Å². The van der Waals surface area contributed by atoms with Crippen LogP contribution in [0.25, 0.3) is 0 Å². The predicted molar refractivity (Wildman–Crippen MR) is 112 cm³/mol. The second-order valence-electron chi connectivity index (χ2n) is 6.44. The maximum atomic E-state index is 12.1. The van der Waals surface area contributed by atoms with E-state index in [4.69, 9.17) is 9.47 Å². The van der Waals surface area contributed by atoms with Gasteiger partial charge >= 0.3 is 0 Å². The second-order valence-corrected chi connectivity index (χ2v) is 6.44. The summed E-state index contributed by atoms with van der Waals surface area (Å²) in [5.41, 5.74) is 2.39. The van der Waals surface area contributed by atoms with E-state index in [1.165, 1.54) is 0 Å². The predicted octanol–water partition coefficient (Wildman–Crippen LogP) is 4.88. The van der Waals surface area contributed by atoms with Crippen LogP contribution in [0.3, 0.4) is 0 Å². The van der Waals surface area contributed by atoms with Crippen molar-refractivity contribution in [2.75, 3.05) is 11.9 Å². The zero-order valence-electron chi connectivity index (χ0n) is 16.3. The number of anilines is 1. The maximum absolute atomic E-state index is 12.1. The molecule has 3 rings (SSSR count). The molecule has 0 aliphatic rings. The van der Waals surface area contributed by atoms with Crippen LogP contribution in [-0.2, 0) is 11.4 Å². The van der Waals surface area contributed by atoms with Crippen molar-refractivity contribution in [3.8, 4) is 11.5 Å². The van der Waals surface area contributed by atoms with Gasteiger partial charge in [0.15, 0.2) is 12.4 Å². The van der Waals surface area contributed by atoms with Crippen LogP contribution in [0.15, 0.2) is 78.9 Å². The maximum Gasteiger partial charge on any atom is 0.262 e. The molecule has 3 aromatic rings. The van der Waals surface area contributed by atoms with Gasteiger partial charge in [0.2, 0.25) is 0 Å². The first-order valence-electron chi connectivity index (χ1n) is 9.47. The number of amides is 1. The molecular formula is C24H23NO4. The molecule has 0 radical (unpaired) electrons. The van der Waals surface area contributed by atoms with Gasteiger partial charge in [-0.15, -0.1) is 0 Å². The van der Waals surface area contributed by atoms with E-state index in [1.54, 1.807) is 36.4 Å². The van der Waals surface area contributed by atoms with Gasteiger partial charge in [0.05, 0.1) is 0 Å². The van der Waals surface area contributed by atoms with Gasteiger partial charge in [-0.1, -0.05) is 37.3 Å². The van der Waals surface area contributed by atoms with Gasteiger partial charge in [-0.2, -0.15) is 0 Å². The molecule has 0 spiro atoms. The highest BCUT2D eigenvalue weighted by molar-refractivity contribution is 5.96. The highest BCUT2D eigenvalue weighted by Gasteiger charge is 2.06. The van der Waals surface area contributed by atoms with E-state index in [-0.39, 0.29) is 18.3 Å². The number of benzene rings is 3. The summed E-state index contributed by atoms with van der Waals surface area (Å²) in [5, 5.41) is 2.78. The Hall–Kier alpha value is -3.60. The van der Waals surface area contributed by atoms with E-state index in [9.17, 15) is 9.59 Å². The zero-order chi connectivity index (χ0) is 20.5. The summed E-state index contributed by atoms with van der Waals surface area (Å²) in [7, 11) is 0. The van der Waals surface area contributed by atoms with Crippen molar-refractivity contribution < 1.29 is 19.1 Å². The van der Waals surface area contributed by atoms with Crippen LogP contribution in [0.1, 0.15) is 29.3 Å². The first-order valence-corrected chi connectivity index (χ1v) is 9.47. The number of ketones is 1. The molecule has 0 unspecified atom stereocenters. The number of nitrogens with one attached hydrogen (secondary N) is 1. The average molecular weight is 389 g/mol. The fourth-order valence-corrected chi connectivity index (χ4v) is 2.66. The fourth-order valence-electron chi connectivity index (χ4n) is 2.66. The van der Waals surface area contributed by atoms with E-state index in [0.717, 1.165) is 11.3 Å². The van der Waals surface area contributed by atoms with Crippen molar-refractivity contribution in [2.24, 2.45) is 0 Å². The number of ether oxygens (including phenoxy) is 2. The smallest absolute Gasteiger partial charge is 0.262 e. The van der Waals surface area contributed by atoms with E-state index < -0.39 is 0 Å². The molecule has 5 heteroatoms. The van der Waals surface area contributed by atoms with Crippen molar-refractivity contribution in [1.82, 2.24) is 0 Å². The molecule has 0 aromatic heterocycles. The Morgan fingerprint density at radius 3 is 2.07 bits per heavy atom. The van der Waals surface area contributed by atoms with Gasteiger partial charge in [-0.05, 0) is 54.1 Å². The molecule has 0 bridgehead atoms. The van der Waals surface area contributed by atoms with Crippen LogP contribution < -0.4 is 14.8 Å². The number of rotatable bonds is 9. The zero-order valence-corrected chi connectivity index (χ0v) is 16.3. The Bertz CT molecular complexity index is 935. The van der Waals surface area contributed by atoms with Crippen molar-refractivity contribution in [2.45, 2.75) is 20.0 Å². The number of carbonyl (C=O) groups is 2. The Balaban J connectivity index is 1.45. The minimum absolute atomic E-state index is 0.0745. The van der Waals surface area contributed by atoms with Gasteiger partial charge in [0, 0.05) is 17.7 Å². The summed E-state index contributed by atoms with van der Waals surface area (Å²) in [5.74, 6) is 1.07. The molecule has 0 aliphatic carbocycles. The average Bonchev–Trinajstić information content (AvgIpc) is 2.78. The van der Waals surface area contributed by atoms with Crippen molar-refractivity contribution in [3.05, 3.63) is 90.0 Å². The van der Waals surface area contributed by atoms with Crippen LogP contribution >= 0.6 is 0 Å². The largest absolute Gasteiger partial charge is 0.489 e. The molecule has 0 fully saturated rings. The normalized spacial score (nSPS) is 10.2. The molecule has 0 atom stereocenters. The third-order valence-electron chi connectivity index (χ3n) is 4.25. The van der Waals surface area contributed by atoms with Crippen LogP contribution in [-0.4, -0.2) is 18.3 Å². The summed E-state index contributed by atoms with van der Waals surface area (Å²) in [6, 6.07) is 23.9. The molecule has 0 heterocycles. The molecule has 0 saturated carbocycles. The summed E-state index contributed by atoms with van der Waals surface area (Å²) in [4.78, 5) is 23.7. The van der Waals surface area contributed by atoms with Crippen LogP contribution in [0.4, 0.5) is 5.69 Å². The minimum atomic E-state index is -0.267. The molecule has 1 N–H and O–H groups in total. The molecule has 29 heavy (non-hydrogen) atoms. The first kappa shape index (κ1) is 20.1. The first-order chi connectivity index (χ1) is 14.1. The lowest BCUT2D eigenvalue weighted by Crippen LogP contribution is -2.20. The van der Waals surface area contributed by atoms with Crippen LogP contribution in [0, 0.1) is 0 Å². The van der Waals surface area contributed by atoms with E-state index in [1.807, 2.05) is 49.4 Å². The van der Waals surface area contributed by atoms with Crippen molar-refractivity contribution in [1.29, 1.82) is 0 Å². The molecule has 148 valence electrons. The molecule has 3 aromatic carbocycles. The Morgan fingerprint density at radius 2 is 1.41 bits per heavy atom. The van der Waals surface area contributed by atoms with Gasteiger partial charge in [-0.3, -0.25) is 9.59 Å². The monoisotopic (exact) mass is 389 g/mol. The third kappa shape index (κ3) is 6.21. The van der Waals surface area contributed by atoms with Crippen LogP contribution in [0.2, 0.25) is 0 Å². The number of Topliss-reactive ketones (excluding diaryl/α,β-unsaturated/α-hetero) is 1. The van der Waals surface area contributed by atoms with Gasteiger partial charge < -0.3 is 14.8 Å². The number of carbonyl (C=O) groups excluding carboxylic acids is 2. The highest BCUT2D eigenvalue weighted by atomic mass is 16.5. The Labute approximate surface area is 170 Å². The van der Waals surface area contributed by atoms with Crippen molar-refractivity contribution in [3.63, 3.8) is 0 Å². The number of hydrogen-bond acceptors (Lipinski definition) is 4. The summed E-state index contributed by atoms with van der Waals surface area (Å²) in [6.07, 6.45) is 0.457. The Kier molecular flexibility index (Phi) is 7.00. The van der Waals surface area contributed by atoms with Gasteiger partial charge in [-0.25, -0.2) is 0 Å². The summed E-state index contributed by atoms with van der Waals surface area (Å²) < 4.78 is 11.2. The quantitative estimate of drug-likeness (QED) is 0.530. The SMILES string of the molecule is CCC(=O)c1ccc(OCC(=O)Nc2ccc(OCc3ccccc3)cc2)cc1. The van der Waals surface area contributed by atoms with E-state index in [2.05, 4.69) is 5.32 Å². The van der Waals surface area contributed by atoms with E-state index in [0.29, 0.717) is 30.0 Å². The molecule has 5 nitrogen and oxygen atoms in total. The Morgan fingerprint density at radius 1 is 0.793 bits per heavy atom. The third-order valence-corrected chi connectivity index (χ3v) is 4.25. The number of hydrogen-bond donors (Lipinski definition) is 1. The van der Waals surface area contributed by atoms with Gasteiger partial charge in [0.25, 0.3) is 5.91 Å². The lowest BCUT2D eigenvalue weighted by molar-refractivity contribution is -0.118. The second kappa shape index (κ2) is 10.1. The van der Waals surface area contributed by atoms with E-state index >= 15 is 0 Å².